The van der Waals surface area contributed by atoms with Gasteiger partial charge in [0, 0.05) is 20.1 Å². The number of benzene rings is 1. The highest BCUT2D eigenvalue weighted by molar-refractivity contribution is 7.88. The van der Waals surface area contributed by atoms with Crippen LogP contribution in [0.3, 0.4) is 0 Å². The molecule has 0 spiro atoms. The fourth-order valence-corrected chi connectivity index (χ4v) is 3.17. The third kappa shape index (κ3) is 6.76. The Balaban J connectivity index is 1.77. The maximum atomic E-state index is 11.8. The third-order valence-electron chi connectivity index (χ3n) is 4.73. The lowest BCUT2D eigenvalue weighted by molar-refractivity contribution is -0.121. The van der Waals surface area contributed by atoms with Crippen LogP contribution in [0.5, 0.6) is 0 Å². The van der Waals surface area contributed by atoms with Gasteiger partial charge >= 0.3 is 0 Å². The Morgan fingerprint density at radius 3 is 2.32 bits per heavy atom. The quantitative estimate of drug-likeness (QED) is 0.791. The fourth-order valence-electron chi connectivity index (χ4n) is 2.82. The Morgan fingerprint density at radius 2 is 1.76 bits per heavy atom. The van der Waals surface area contributed by atoms with Crippen molar-refractivity contribution < 1.29 is 13.2 Å². The summed E-state index contributed by atoms with van der Waals surface area (Å²) in [5.74, 6) is 0.531. The van der Waals surface area contributed by atoms with Crippen molar-refractivity contribution in [2.75, 3.05) is 32.9 Å². The minimum Gasteiger partial charge on any atom is -0.351 e. The predicted octanol–water partition coefficient (Wildman–Crippen LogP) is 1.43. The zero-order valence-electron chi connectivity index (χ0n) is 15.4. The molecule has 1 aromatic carbocycles. The molecule has 140 valence electrons. The molecule has 25 heavy (non-hydrogen) atoms. The lowest BCUT2D eigenvalue weighted by Gasteiger charge is -2.30. The normalized spacial score (nSPS) is 17.0. The van der Waals surface area contributed by atoms with Gasteiger partial charge in [-0.1, -0.05) is 31.2 Å². The minimum absolute atomic E-state index is 0.162. The van der Waals surface area contributed by atoms with Crippen molar-refractivity contribution in [3.05, 3.63) is 35.4 Å². The van der Waals surface area contributed by atoms with E-state index in [-0.39, 0.29) is 12.5 Å². The number of likely N-dealkylation sites (tertiary alicyclic amines) is 1. The van der Waals surface area contributed by atoms with Gasteiger partial charge in [0.05, 0.1) is 12.8 Å². The molecule has 1 saturated heterocycles. The van der Waals surface area contributed by atoms with Crippen LogP contribution in [-0.4, -0.2) is 56.5 Å². The molecule has 6 nitrogen and oxygen atoms in total. The molecular weight excluding hydrogens is 338 g/mol. The van der Waals surface area contributed by atoms with Crippen molar-refractivity contribution in [2.45, 2.75) is 32.9 Å². The van der Waals surface area contributed by atoms with Gasteiger partial charge in [-0.25, -0.2) is 8.42 Å². The van der Waals surface area contributed by atoms with E-state index in [2.05, 4.69) is 29.3 Å². The van der Waals surface area contributed by atoms with Crippen molar-refractivity contribution >= 4 is 15.9 Å². The molecule has 1 fully saturated rings. The molecule has 1 aliphatic heterocycles. The first-order valence-corrected chi connectivity index (χ1v) is 10.6. The van der Waals surface area contributed by atoms with Crippen LogP contribution in [0, 0.1) is 5.92 Å². The summed E-state index contributed by atoms with van der Waals surface area (Å²) < 4.78 is 23.6. The number of rotatable bonds is 7. The first-order valence-electron chi connectivity index (χ1n) is 8.72. The first-order chi connectivity index (χ1) is 11.7. The van der Waals surface area contributed by atoms with E-state index in [0.29, 0.717) is 6.54 Å². The lowest BCUT2D eigenvalue weighted by atomic mass is 9.99. The summed E-state index contributed by atoms with van der Waals surface area (Å²) in [6.07, 6.45) is 3.63. The van der Waals surface area contributed by atoms with Crippen molar-refractivity contribution in [1.82, 2.24) is 14.5 Å². The van der Waals surface area contributed by atoms with Crippen molar-refractivity contribution in [2.24, 2.45) is 5.92 Å². The minimum atomic E-state index is -3.34. The fraction of sp³-hybridized carbons (Fsp3) is 0.611. The summed E-state index contributed by atoms with van der Waals surface area (Å²) in [5, 5.41) is 2.75. The Bertz CT molecular complexity index is 665. The summed E-state index contributed by atoms with van der Waals surface area (Å²) >= 11 is 0. The first kappa shape index (κ1) is 19.9. The zero-order chi connectivity index (χ0) is 18.4. The number of likely N-dealkylation sites (N-methyl/N-ethyl adjacent to an activating group) is 1. The zero-order valence-corrected chi connectivity index (χ0v) is 16.2. The Hall–Kier alpha value is -1.44. The van der Waals surface area contributed by atoms with Gasteiger partial charge in [0.15, 0.2) is 0 Å². The number of carbonyl (C=O) groups is 1. The maximum absolute atomic E-state index is 11.8. The molecule has 0 atom stereocenters. The smallest absolute Gasteiger partial charge is 0.235 e. The molecule has 0 radical (unpaired) electrons. The van der Waals surface area contributed by atoms with Crippen LogP contribution >= 0.6 is 0 Å². The summed E-state index contributed by atoms with van der Waals surface area (Å²) in [7, 11) is -1.94. The SMILES string of the molecule is CC1CCN(Cc2ccc(CNC(=O)CN(C)S(C)(=O)=O)cc2)CC1. The van der Waals surface area contributed by atoms with E-state index < -0.39 is 10.0 Å². The highest BCUT2D eigenvalue weighted by Gasteiger charge is 2.16. The Kier molecular flexibility index (Phi) is 6.98. The van der Waals surface area contributed by atoms with Crippen LogP contribution in [0.25, 0.3) is 0 Å². The highest BCUT2D eigenvalue weighted by Crippen LogP contribution is 2.18. The second-order valence-corrected chi connectivity index (χ2v) is 9.16. The number of nitrogens with zero attached hydrogens (tertiary/aromatic N) is 2. The van der Waals surface area contributed by atoms with Crippen LogP contribution in [0.15, 0.2) is 24.3 Å². The Labute approximate surface area is 151 Å². The lowest BCUT2D eigenvalue weighted by Crippen LogP contribution is -2.37. The van der Waals surface area contributed by atoms with Crippen LogP contribution in [0.2, 0.25) is 0 Å². The average Bonchev–Trinajstić information content (AvgIpc) is 2.55. The topological polar surface area (TPSA) is 69.7 Å². The van der Waals surface area contributed by atoms with Gasteiger partial charge in [-0.2, -0.15) is 4.31 Å². The average molecular weight is 368 g/mol. The standard InChI is InChI=1S/C18H29N3O3S/c1-15-8-10-21(11-9-15)13-17-6-4-16(5-7-17)12-19-18(22)14-20(2)25(3,23)24/h4-7,15H,8-14H2,1-3H3,(H,19,22). The highest BCUT2D eigenvalue weighted by atomic mass is 32.2. The second kappa shape index (κ2) is 8.78. The van der Waals surface area contributed by atoms with Gasteiger partial charge in [-0.05, 0) is 43.0 Å². The molecule has 7 heteroatoms. The second-order valence-electron chi connectivity index (χ2n) is 7.07. The summed E-state index contributed by atoms with van der Waals surface area (Å²) in [5.41, 5.74) is 2.29. The monoisotopic (exact) mass is 367 g/mol. The number of sulfonamides is 1. The molecule has 1 aromatic rings. The number of hydrogen-bond acceptors (Lipinski definition) is 4. The molecule has 0 saturated carbocycles. The molecule has 1 amide bonds. The van der Waals surface area contributed by atoms with Crippen LogP contribution in [0.4, 0.5) is 0 Å². The van der Waals surface area contributed by atoms with E-state index in [1.807, 2.05) is 12.1 Å². The molecule has 0 bridgehead atoms. The van der Waals surface area contributed by atoms with E-state index in [0.717, 1.165) is 41.7 Å². The summed E-state index contributed by atoms with van der Waals surface area (Å²) in [4.78, 5) is 14.3. The molecule has 0 unspecified atom stereocenters. The number of nitrogens with one attached hydrogen (secondary N) is 1. The summed E-state index contributed by atoms with van der Waals surface area (Å²) in [6, 6.07) is 8.23. The number of hydrogen-bond donors (Lipinski definition) is 1. The molecule has 1 heterocycles. The van der Waals surface area contributed by atoms with Crippen molar-refractivity contribution in [3.8, 4) is 0 Å². The number of piperidine rings is 1. The molecule has 0 aromatic heterocycles. The van der Waals surface area contributed by atoms with E-state index in [9.17, 15) is 13.2 Å². The molecule has 2 rings (SSSR count). The van der Waals surface area contributed by atoms with Crippen molar-refractivity contribution in [3.63, 3.8) is 0 Å². The molecular formula is C18H29N3O3S. The van der Waals surface area contributed by atoms with Crippen LogP contribution in [-0.2, 0) is 27.9 Å². The Morgan fingerprint density at radius 1 is 1.20 bits per heavy atom. The van der Waals surface area contributed by atoms with Gasteiger partial charge in [-0.3, -0.25) is 9.69 Å². The van der Waals surface area contributed by atoms with Gasteiger partial charge in [-0.15, -0.1) is 0 Å². The van der Waals surface area contributed by atoms with Gasteiger partial charge < -0.3 is 5.32 Å². The molecule has 0 aliphatic carbocycles. The van der Waals surface area contributed by atoms with Gasteiger partial charge in [0.25, 0.3) is 0 Å². The number of carbonyl (C=O) groups excluding carboxylic acids is 1. The van der Waals surface area contributed by atoms with E-state index in [1.54, 1.807) is 0 Å². The van der Waals surface area contributed by atoms with E-state index in [1.165, 1.54) is 25.5 Å². The van der Waals surface area contributed by atoms with Crippen molar-refractivity contribution in [1.29, 1.82) is 0 Å². The van der Waals surface area contributed by atoms with Crippen LogP contribution < -0.4 is 5.32 Å². The largest absolute Gasteiger partial charge is 0.351 e. The summed E-state index contributed by atoms with van der Waals surface area (Å²) in [6.45, 7) is 5.84. The van der Waals surface area contributed by atoms with E-state index >= 15 is 0 Å². The maximum Gasteiger partial charge on any atom is 0.235 e. The molecule has 1 N–H and O–H groups in total. The van der Waals surface area contributed by atoms with Crippen LogP contribution in [0.1, 0.15) is 30.9 Å². The predicted molar refractivity (Wildman–Crippen MR) is 99.4 cm³/mol. The van der Waals surface area contributed by atoms with Gasteiger partial charge in [0.2, 0.25) is 15.9 Å². The van der Waals surface area contributed by atoms with E-state index in [4.69, 9.17) is 0 Å². The van der Waals surface area contributed by atoms with Gasteiger partial charge in [0.1, 0.15) is 0 Å². The third-order valence-corrected chi connectivity index (χ3v) is 5.99. The number of amides is 1. The molecule has 1 aliphatic rings.